The van der Waals surface area contributed by atoms with Crippen molar-refractivity contribution in [1.29, 1.82) is 0 Å². The van der Waals surface area contributed by atoms with Gasteiger partial charge >= 0.3 is 0 Å². The van der Waals surface area contributed by atoms with Gasteiger partial charge in [-0.2, -0.15) is 0 Å². The van der Waals surface area contributed by atoms with Crippen molar-refractivity contribution in [2.75, 3.05) is 26.2 Å². The lowest BCUT2D eigenvalue weighted by molar-refractivity contribution is 0.0311. The van der Waals surface area contributed by atoms with E-state index in [2.05, 4.69) is 64.8 Å². The topological polar surface area (TPSA) is 52.6 Å². The second kappa shape index (κ2) is 9.80. The Balaban J connectivity index is 1.49. The molecule has 2 N–H and O–H groups in total. The third-order valence-corrected chi connectivity index (χ3v) is 7.64. The number of fused-ring (bicyclic) bond motifs is 3. The SMILES string of the molecule is O=C(NCC(c1ccccc1)C(c1ccccc1)[C@@H]1CN2CCC1CC2)c1ccccc1O. The van der Waals surface area contributed by atoms with Crippen LogP contribution >= 0.6 is 0 Å². The first kappa shape index (κ1) is 21.7. The van der Waals surface area contributed by atoms with Crippen molar-refractivity contribution in [3.8, 4) is 5.75 Å². The third kappa shape index (κ3) is 4.67. The Bertz CT molecular complexity index is 1060. The lowest BCUT2D eigenvalue weighted by Gasteiger charge is -2.49. The first-order chi connectivity index (χ1) is 16.2. The van der Waals surface area contributed by atoms with Crippen LogP contribution in [0.15, 0.2) is 84.9 Å². The Hall–Kier alpha value is -3.11. The number of phenolic OH excluding ortho intramolecular Hbond substituents is 1. The summed E-state index contributed by atoms with van der Waals surface area (Å²) in [5.74, 6) is 1.53. The molecule has 1 amide bonds. The van der Waals surface area contributed by atoms with Crippen LogP contribution in [0.1, 0.15) is 46.2 Å². The van der Waals surface area contributed by atoms with E-state index >= 15 is 0 Å². The second-order valence-corrected chi connectivity index (χ2v) is 9.48. The third-order valence-electron chi connectivity index (χ3n) is 7.64. The average Bonchev–Trinajstić information content (AvgIpc) is 2.88. The number of nitrogens with one attached hydrogen (secondary N) is 1. The van der Waals surface area contributed by atoms with Gasteiger partial charge in [-0.15, -0.1) is 0 Å². The van der Waals surface area contributed by atoms with Crippen molar-refractivity contribution in [3.05, 3.63) is 102 Å². The molecule has 0 aliphatic carbocycles. The minimum absolute atomic E-state index is 0.0169. The van der Waals surface area contributed by atoms with E-state index in [0.29, 0.717) is 23.9 Å². The van der Waals surface area contributed by atoms with Gasteiger partial charge in [0.1, 0.15) is 5.75 Å². The lowest BCUT2D eigenvalue weighted by Crippen LogP contribution is -2.50. The Morgan fingerprint density at radius 1 is 0.879 bits per heavy atom. The van der Waals surface area contributed by atoms with Gasteiger partial charge in [-0.05, 0) is 66.9 Å². The highest BCUT2D eigenvalue weighted by Crippen LogP contribution is 2.47. The number of carbonyl (C=O) groups is 1. The normalized spacial score (nSPS) is 23.6. The molecule has 0 aromatic heterocycles. The Morgan fingerprint density at radius 2 is 1.48 bits per heavy atom. The molecule has 2 unspecified atom stereocenters. The number of hydrogen-bond acceptors (Lipinski definition) is 3. The summed E-state index contributed by atoms with van der Waals surface area (Å²) < 4.78 is 0. The molecule has 0 spiro atoms. The lowest BCUT2D eigenvalue weighted by atomic mass is 9.65. The fourth-order valence-electron chi connectivity index (χ4n) is 5.99. The zero-order chi connectivity index (χ0) is 22.6. The molecule has 3 aliphatic heterocycles. The fourth-order valence-corrected chi connectivity index (χ4v) is 5.99. The molecule has 4 nitrogen and oxygen atoms in total. The fraction of sp³-hybridized carbons (Fsp3) is 0.345. The highest BCUT2D eigenvalue weighted by atomic mass is 16.3. The molecule has 2 bridgehead atoms. The molecule has 170 valence electrons. The van der Waals surface area contributed by atoms with Gasteiger partial charge in [0.15, 0.2) is 0 Å². The van der Waals surface area contributed by atoms with Crippen molar-refractivity contribution < 1.29 is 9.90 Å². The van der Waals surface area contributed by atoms with Crippen molar-refractivity contribution in [2.24, 2.45) is 11.8 Å². The molecule has 33 heavy (non-hydrogen) atoms. The number of hydrogen-bond donors (Lipinski definition) is 2. The summed E-state index contributed by atoms with van der Waals surface area (Å²) >= 11 is 0. The van der Waals surface area contributed by atoms with Gasteiger partial charge in [0.2, 0.25) is 0 Å². The van der Waals surface area contributed by atoms with Crippen LogP contribution in [0.2, 0.25) is 0 Å². The zero-order valence-electron chi connectivity index (χ0n) is 18.9. The molecule has 3 aromatic rings. The molecule has 3 fully saturated rings. The van der Waals surface area contributed by atoms with Gasteiger partial charge in [-0.3, -0.25) is 4.79 Å². The van der Waals surface area contributed by atoms with E-state index in [-0.39, 0.29) is 17.6 Å². The minimum atomic E-state index is -0.227. The van der Waals surface area contributed by atoms with Crippen LogP contribution in [0.3, 0.4) is 0 Å². The van der Waals surface area contributed by atoms with E-state index in [1.54, 1.807) is 24.3 Å². The maximum absolute atomic E-state index is 13.0. The number of amides is 1. The minimum Gasteiger partial charge on any atom is -0.507 e. The molecule has 0 saturated carbocycles. The van der Waals surface area contributed by atoms with E-state index in [1.807, 2.05) is 6.07 Å². The summed E-state index contributed by atoms with van der Waals surface area (Å²) in [5.41, 5.74) is 2.92. The maximum Gasteiger partial charge on any atom is 0.255 e. The Kier molecular flexibility index (Phi) is 6.45. The number of piperidine rings is 3. The molecule has 4 heteroatoms. The van der Waals surface area contributed by atoms with Crippen LogP contribution in [-0.4, -0.2) is 42.1 Å². The average molecular weight is 441 g/mol. The van der Waals surface area contributed by atoms with Gasteiger partial charge in [0.25, 0.3) is 5.91 Å². The van der Waals surface area contributed by atoms with Crippen molar-refractivity contribution >= 4 is 5.91 Å². The number of benzene rings is 3. The summed E-state index contributed by atoms with van der Waals surface area (Å²) in [6.45, 7) is 4.08. The monoisotopic (exact) mass is 440 g/mol. The summed E-state index contributed by atoms with van der Waals surface area (Å²) in [7, 11) is 0. The Labute approximate surface area is 196 Å². The largest absolute Gasteiger partial charge is 0.507 e. The standard InChI is InChI=1S/C29H32N2O2/c32-27-14-8-7-13-24(27)29(33)30-19-25(21-9-3-1-4-10-21)28(23-11-5-2-6-12-23)26-20-31-17-15-22(26)16-18-31/h1-14,22,25-26,28,32H,15-20H2,(H,30,33)/t25?,26-,28?/m1/s1. The van der Waals surface area contributed by atoms with Crippen LogP contribution in [0.4, 0.5) is 0 Å². The molecule has 3 atom stereocenters. The molecule has 0 radical (unpaired) electrons. The van der Waals surface area contributed by atoms with Crippen LogP contribution in [-0.2, 0) is 0 Å². The van der Waals surface area contributed by atoms with Gasteiger partial charge in [0.05, 0.1) is 5.56 Å². The van der Waals surface area contributed by atoms with Crippen LogP contribution < -0.4 is 5.32 Å². The van der Waals surface area contributed by atoms with Crippen molar-refractivity contribution in [2.45, 2.75) is 24.7 Å². The van der Waals surface area contributed by atoms with Crippen molar-refractivity contribution in [3.63, 3.8) is 0 Å². The smallest absolute Gasteiger partial charge is 0.255 e. The highest BCUT2D eigenvalue weighted by Gasteiger charge is 2.42. The van der Waals surface area contributed by atoms with E-state index in [9.17, 15) is 9.90 Å². The second-order valence-electron chi connectivity index (χ2n) is 9.48. The highest BCUT2D eigenvalue weighted by molar-refractivity contribution is 5.96. The van der Waals surface area contributed by atoms with Crippen molar-refractivity contribution in [1.82, 2.24) is 10.2 Å². The summed E-state index contributed by atoms with van der Waals surface area (Å²) in [6, 6.07) is 28.2. The van der Waals surface area contributed by atoms with Crippen LogP contribution in [0.5, 0.6) is 5.75 Å². The first-order valence-corrected chi connectivity index (χ1v) is 12.1. The van der Waals surface area contributed by atoms with E-state index in [4.69, 9.17) is 0 Å². The summed E-state index contributed by atoms with van der Waals surface area (Å²) in [6.07, 6.45) is 2.53. The maximum atomic E-state index is 13.0. The van der Waals surface area contributed by atoms with E-state index in [0.717, 1.165) is 12.5 Å². The number of phenols is 1. The van der Waals surface area contributed by atoms with Gasteiger partial charge in [0, 0.05) is 19.0 Å². The number of aromatic hydroxyl groups is 1. The predicted molar refractivity (Wildman–Crippen MR) is 131 cm³/mol. The number of rotatable bonds is 7. The molecule has 3 aromatic carbocycles. The van der Waals surface area contributed by atoms with Gasteiger partial charge < -0.3 is 15.3 Å². The van der Waals surface area contributed by atoms with E-state index in [1.165, 1.54) is 37.1 Å². The first-order valence-electron chi connectivity index (χ1n) is 12.1. The predicted octanol–water partition coefficient (Wildman–Crippen LogP) is 5.03. The number of para-hydroxylation sites is 1. The molecule has 6 rings (SSSR count). The molecule has 3 aliphatic rings. The number of nitrogens with zero attached hydrogens (tertiary/aromatic N) is 1. The zero-order valence-corrected chi connectivity index (χ0v) is 18.9. The molecular weight excluding hydrogens is 408 g/mol. The summed E-state index contributed by atoms with van der Waals surface area (Å²) in [4.78, 5) is 15.6. The van der Waals surface area contributed by atoms with E-state index < -0.39 is 0 Å². The van der Waals surface area contributed by atoms with Gasteiger partial charge in [-0.1, -0.05) is 72.8 Å². The molecule has 3 heterocycles. The van der Waals surface area contributed by atoms with Crippen LogP contribution in [0, 0.1) is 11.8 Å². The Morgan fingerprint density at radius 3 is 2.09 bits per heavy atom. The van der Waals surface area contributed by atoms with Gasteiger partial charge in [-0.25, -0.2) is 0 Å². The quantitative estimate of drug-likeness (QED) is 0.542. The molecular formula is C29H32N2O2. The summed E-state index contributed by atoms with van der Waals surface area (Å²) in [5, 5.41) is 13.3. The number of carbonyl (C=O) groups excluding carboxylic acids is 1. The molecule has 3 saturated heterocycles. The van der Waals surface area contributed by atoms with Crippen LogP contribution in [0.25, 0.3) is 0 Å².